The van der Waals surface area contributed by atoms with Gasteiger partial charge < -0.3 is 9.63 Å². The first-order chi connectivity index (χ1) is 12.4. The van der Waals surface area contributed by atoms with E-state index in [9.17, 15) is 13.5 Å². The van der Waals surface area contributed by atoms with E-state index in [2.05, 4.69) is 15.1 Å². The van der Waals surface area contributed by atoms with Gasteiger partial charge in [-0.15, -0.1) is 0 Å². The largest absolute Gasteiger partial charge is 0.392 e. The Balaban J connectivity index is 1.83. The quantitative estimate of drug-likeness (QED) is 0.743. The van der Waals surface area contributed by atoms with Crippen molar-refractivity contribution in [3.63, 3.8) is 0 Å². The number of β-amino-alcohol motifs (C(OH)–C–C–N with tert-alkyl or cyclic N) is 1. The van der Waals surface area contributed by atoms with Crippen LogP contribution in [0.1, 0.15) is 29.7 Å². The molecule has 2 atom stereocenters. The number of aliphatic hydroxyl groups excluding tert-OH is 1. The summed E-state index contributed by atoms with van der Waals surface area (Å²) in [7, 11) is -3.92. The van der Waals surface area contributed by atoms with Crippen LogP contribution < -0.4 is 0 Å². The molecular formula is C17H18N4O4S. The normalized spacial score (nSPS) is 21.5. The van der Waals surface area contributed by atoms with Crippen molar-refractivity contribution in [2.24, 2.45) is 0 Å². The molecular weight excluding hydrogens is 356 g/mol. The molecule has 1 N–H and O–H groups in total. The van der Waals surface area contributed by atoms with Crippen molar-refractivity contribution in [1.29, 1.82) is 0 Å². The van der Waals surface area contributed by atoms with Crippen molar-refractivity contribution in [2.45, 2.75) is 37.3 Å². The van der Waals surface area contributed by atoms with Crippen LogP contribution in [0.4, 0.5) is 0 Å². The van der Waals surface area contributed by atoms with Gasteiger partial charge in [-0.25, -0.2) is 8.42 Å². The lowest BCUT2D eigenvalue weighted by Crippen LogP contribution is -2.32. The Labute approximate surface area is 150 Å². The van der Waals surface area contributed by atoms with Crippen molar-refractivity contribution in [3.05, 3.63) is 47.7 Å². The molecule has 0 unspecified atom stereocenters. The van der Waals surface area contributed by atoms with Crippen LogP contribution in [0.5, 0.6) is 0 Å². The number of hydrogen-bond acceptors (Lipinski definition) is 7. The first-order valence-corrected chi connectivity index (χ1v) is 9.66. The molecule has 26 heavy (non-hydrogen) atoms. The van der Waals surface area contributed by atoms with E-state index in [1.54, 1.807) is 19.2 Å². The third kappa shape index (κ3) is 2.77. The fourth-order valence-corrected chi connectivity index (χ4v) is 5.10. The smallest absolute Gasteiger partial charge is 0.246 e. The van der Waals surface area contributed by atoms with Gasteiger partial charge in [0.15, 0.2) is 5.82 Å². The highest BCUT2D eigenvalue weighted by Crippen LogP contribution is 2.37. The second kappa shape index (κ2) is 6.11. The number of benzene rings is 1. The minimum atomic E-state index is -3.92. The number of aliphatic hydroxyl groups is 1. The van der Waals surface area contributed by atoms with Crippen molar-refractivity contribution in [1.82, 2.24) is 19.4 Å². The predicted molar refractivity (Wildman–Crippen MR) is 92.8 cm³/mol. The summed E-state index contributed by atoms with van der Waals surface area (Å²) >= 11 is 0. The van der Waals surface area contributed by atoms with Crippen LogP contribution in [-0.4, -0.2) is 45.6 Å². The van der Waals surface area contributed by atoms with Crippen molar-refractivity contribution in [2.75, 3.05) is 6.54 Å². The van der Waals surface area contributed by atoms with E-state index in [1.165, 1.54) is 10.4 Å². The lowest BCUT2D eigenvalue weighted by Gasteiger charge is -2.21. The number of nitrogens with zero attached hydrogens (tertiary/aromatic N) is 4. The summed E-state index contributed by atoms with van der Waals surface area (Å²) in [5, 5.41) is 14.6. The fraction of sp³-hybridized carbons (Fsp3) is 0.353. The Morgan fingerprint density at radius 1 is 1.31 bits per heavy atom. The third-order valence-corrected chi connectivity index (χ3v) is 6.37. The van der Waals surface area contributed by atoms with Gasteiger partial charge >= 0.3 is 0 Å². The molecule has 1 aliphatic heterocycles. The Morgan fingerprint density at radius 2 is 2.12 bits per heavy atom. The zero-order valence-corrected chi connectivity index (χ0v) is 15.1. The number of fused-ring (bicyclic) bond motifs is 1. The van der Waals surface area contributed by atoms with E-state index in [0.717, 1.165) is 10.9 Å². The van der Waals surface area contributed by atoms with E-state index in [0.29, 0.717) is 11.3 Å². The first kappa shape index (κ1) is 17.1. The number of hydrogen-bond donors (Lipinski definition) is 1. The van der Waals surface area contributed by atoms with Crippen LogP contribution >= 0.6 is 0 Å². The number of sulfonamides is 1. The zero-order valence-electron chi connectivity index (χ0n) is 14.3. The van der Waals surface area contributed by atoms with E-state index in [-0.39, 0.29) is 23.8 Å². The minimum Gasteiger partial charge on any atom is -0.392 e. The summed E-state index contributed by atoms with van der Waals surface area (Å²) in [6, 6.07) is 6.23. The molecule has 1 saturated heterocycles. The second-order valence-corrected chi connectivity index (χ2v) is 8.36. The lowest BCUT2D eigenvalue weighted by atomic mass is 10.2. The summed E-state index contributed by atoms with van der Waals surface area (Å²) in [6.45, 7) is 3.53. The monoisotopic (exact) mass is 374 g/mol. The molecule has 0 saturated carbocycles. The summed E-state index contributed by atoms with van der Waals surface area (Å²) in [5.74, 6) is 0.604. The Kier molecular flexibility index (Phi) is 4.02. The van der Waals surface area contributed by atoms with Crippen molar-refractivity contribution < 1.29 is 18.0 Å². The van der Waals surface area contributed by atoms with Crippen LogP contribution in [0.3, 0.4) is 0 Å². The summed E-state index contributed by atoms with van der Waals surface area (Å²) in [6.07, 6.45) is 1.05. The molecule has 0 radical (unpaired) electrons. The van der Waals surface area contributed by atoms with Gasteiger partial charge in [0.2, 0.25) is 15.9 Å². The Bertz CT molecular complexity index is 1080. The van der Waals surface area contributed by atoms with Crippen LogP contribution in [0, 0.1) is 13.8 Å². The van der Waals surface area contributed by atoms with Gasteiger partial charge in [0.05, 0.1) is 11.6 Å². The molecule has 1 aliphatic rings. The molecule has 3 heterocycles. The van der Waals surface area contributed by atoms with E-state index < -0.39 is 22.2 Å². The standard InChI is InChI=1S/C17H18N4O4S/c1-10-6-12-4-3-5-15(16(12)18-8-10)26(23,24)21-9-13(22)7-14(21)17-19-11(2)20-25-17/h3-6,8,13-14,22H,7,9H2,1-2H3/t13-,14+/m0/s1. The van der Waals surface area contributed by atoms with E-state index >= 15 is 0 Å². The second-order valence-electron chi connectivity index (χ2n) is 6.50. The molecule has 2 aromatic heterocycles. The number of pyridine rings is 1. The van der Waals surface area contributed by atoms with Crippen LogP contribution in [0.25, 0.3) is 10.9 Å². The maximum absolute atomic E-state index is 13.4. The van der Waals surface area contributed by atoms with E-state index in [1.807, 2.05) is 19.1 Å². The van der Waals surface area contributed by atoms with Crippen molar-refractivity contribution >= 4 is 20.9 Å². The molecule has 4 rings (SSSR count). The highest BCUT2D eigenvalue weighted by Gasteiger charge is 2.43. The van der Waals surface area contributed by atoms with Gasteiger partial charge in [0.25, 0.3) is 0 Å². The predicted octanol–water partition coefficient (Wildman–Crippen LogP) is 1.73. The molecule has 1 aromatic carbocycles. The van der Waals surface area contributed by atoms with Gasteiger partial charge in [0, 0.05) is 24.5 Å². The molecule has 136 valence electrons. The van der Waals surface area contributed by atoms with Crippen LogP contribution in [-0.2, 0) is 10.0 Å². The van der Waals surface area contributed by atoms with Gasteiger partial charge in [-0.3, -0.25) is 4.98 Å². The Hall–Kier alpha value is -2.36. The fourth-order valence-electron chi connectivity index (χ4n) is 3.30. The third-order valence-electron chi connectivity index (χ3n) is 4.46. The zero-order chi connectivity index (χ0) is 18.5. The van der Waals surface area contributed by atoms with Gasteiger partial charge in [-0.1, -0.05) is 17.3 Å². The molecule has 3 aromatic rings. The first-order valence-electron chi connectivity index (χ1n) is 8.22. The molecule has 1 fully saturated rings. The topological polar surface area (TPSA) is 109 Å². The summed E-state index contributed by atoms with van der Waals surface area (Å²) in [5.41, 5.74) is 1.35. The molecule has 0 spiro atoms. The molecule has 9 heteroatoms. The lowest BCUT2D eigenvalue weighted by molar-refractivity contribution is 0.188. The highest BCUT2D eigenvalue weighted by molar-refractivity contribution is 7.89. The summed E-state index contributed by atoms with van der Waals surface area (Å²) < 4.78 is 33.1. The molecule has 0 bridgehead atoms. The average molecular weight is 374 g/mol. The highest BCUT2D eigenvalue weighted by atomic mass is 32.2. The molecule has 0 aliphatic carbocycles. The number of rotatable bonds is 3. The van der Waals surface area contributed by atoms with Gasteiger partial charge in [-0.05, 0) is 31.5 Å². The Morgan fingerprint density at radius 3 is 2.85 bits per heavy atom. The number of aromatic nitrogens is 3. The van der Waals surface area contributed by atoms with Crippen LogP contribution in [0.2, 0.25) is 0 Å². The minimum absolute atomic E-state index is 0.0311. The molecule has 0 amide bonds. The van der Waals surface area contributed by atoms with Gasteiger partial charge in [0.1, 0.15) is 10.9 Å². The average Bonchev–Trinajstić information content (AvgIpc) is 3.20. The van der Waals surface area contributed by atoms with Gasteiger partial charge in [-0.2, -0.15) is 9.29 Å². The van der Waals surface area contributed by atoms with Crippen LogP contribution in [0.15, 0.2) is 39.9 Å². The number of aryl methyl sites for hydroxylation is 2. The van der Waals surface area contributed by atoms with E-state index in [4.69, 9.17) is 4.52 Å². The number of para-hydroxylation sites is 1. The molecule has 8 nitrogen and oxygen atoms in total. The van der Waals surface area contributed by atoms with Crippen molar-refractivity contribution in [3.8, 4) is 0 Å². The maximum atomic E-state index is 13.4. The summed E-state index contributed by atoms with van der Waals surface area (Å²) in [4.78, 5) is 8.57. The maximum Gasteiger partial charge on any atom is 0.246 e. The SMILES string of the molecule is Cc1cnc2c(S(=O)(=O)N3C[C@@H](O)C[C@@H]3c3nc(C)no3)cccc2c1.